The van der Waals surface area contributed by atoms with Crippen molar-refractivity contribution in [2.75, 3.05) is 17.1 Å². The summed E-state index contributed by atoms with van der Waals surface area (Å²) in [4.78, 5) is 28.6. The van der Waals surface area contributed by atoms with E-state index in [1.807, 2.05) is 26.0 Å². The second-order valence-electron chi connectivity index (χ2n) is 9.67. The van der Waals surface area contributed by atoms with Gasteiger partial charge in [0.2, 0.25) is 21.8 Å². The van der Waals surface area contributed by atoms with Gasteiger partial charge in [-0.2, -0.15) is 0 Å². The summed E-state index contributed by atoms with van der Waals surface area (Å²) in [5, 5.41) is 3.11. The highest BCUT2D eigenvalue weighted by Gasteiger charge is 2.33. The van der Waals surface area contributed by atoms with Crippen LogP contribution in [0.5, 0.6) is 0 Å². The molecule has 1 fully saturated rings. The van der Waals surface area contributed by atoms with Gasteiger partial charge in [-0.3, -0.25) is 13.9 Å². The number of rotatable bonds is 11. The lowest BCUT2D eigenvalue weighted by Crippen LogP contribution is -2.54. The first kappa shape index (κ1) is 28.6. The number of hydrogen-bond donors (Lipinski definition) is 1. The van der Waals surface area contributed by atoms with Crippen LogP contribution in [-0.4, -0.2) is 50.0 Å². The third-order valence-corrected chi connectivity index (χ3v) is 8.05. The van der Waals surface area contributed by atoms with E-state index < -0.39 is 34.3 Å². The molecule has 0 heterocycles. The summed E-state index contributed by atoms with van der Waals surface area (Å²) in [6.45, 7) is 3.37. The average Bonchev–Trinajstić information content (AvgIpc) is 2.88. The first-order valence-corrected chi connectivity index (χ1v) is 14.9. The Bertz CT molecular complexity index is 1160. The molecule has 3 rings (SSSR count). The van der Waals surface area contributed by atoms with Crippen LogP contribution in [0, 0.1) is 5.82 Å². The van der Waals surface area contributed by atoms with E-state index in [1.165, 1.54) is 17.0 Å². The summed E-state index contributed by atoms with van der Waals surface area (Å²) < 4.78 is 40.3. The highest BCUT2D eigenvalue weighted by molar-refractivity contribution is 7.92. The molecular formula is C28H38FN3O4S. The number of nitrogens with zero attached hydrogens (tertiary/aromatic N) is 2. The Hall–Kier alpha value is -2.94. The number of halogens is 1. The first-order valence-electron chi connectivity index (χ1n) is 13.0. The van der Waals surface area contributed by atoms with Gasteiger partial charge in [0.05, 0.1) is 11.9 Å². The Balaban J connectivity index is 1.93. The number of anilines is 1. The number of hydrogen-bond acceptors (Lipinski definition) is 4. The van der Waals surface area contributed by atoms with Gasteiger partial charge in [0.15, 0.2) is 0 Å². The topological polar surface area (TPSA) is 86.8 Å². The molecule has 0 saturated heterocycles. The van der Waals surface area contributed by atoms with Crippen molar-refractivity contribution in [3.05, 3.63) is 65.5 Å². The van der Waals surface area contributed by atoms with Gasteiger partial charge < -0.3 is 10.2 Å². The van der Waals surface area contributed by atoms with Crippen LogP contribution >= 0.6 is 0 Å². The minimum atomic E-state index is -3.80. The smallest absolute Gasteiger partial charge is 0.244 e. The molecular weight excluding hydrogens is 493 g/mol. The zero-order chi connectivity index (χ0) is 27.0. The van der Waals surface area contributed by atoms with Gasteiger partial charge in [0, 0.05) is 12.6 Å². The quantitative estimate of drug-likeness (QED) is 0.465. The van der Waals surface area contributed by atoms with E-state index in [0.717, 1.165) is 48.2 Å². The predicted octanol–water partition coefficient (Wildman–Crippen LogP) is 4.41. The van der Waals surface area contributed by atoms with E-state index >= 15 is 0 Å². The number of para-hydroxylation sites is 1. The van der Waals surface area contributed by atoms with Gasteiger partial charge in [0.25, 0.3) is 0 Å². The van der Waals surface area contributed by atoms with Crippen molar-refractivity contribution in [2.24, 2.45) is 0 Å². The molecule has 1 aliphatic carbocycles. The summed E-state index contributed by atoms with van der Waals surface area (Å²) >= 11 is 0. The van der Waals surface area contributed by atoms with Crippen molar-refractivity contribution in [2.45, 2.75) is 77.4 Å². The number of nitrogens with one attached hydrogen (secondary N) is 1. The fraction of sp³-hybridized carbons (Fsp3) is 0.500. The Morgan fingerprint density at radius 3 is 2.27 bits per heavy atom. The standard InChI is InChI=1S/C28H38FN3O4S/c1-4-22-11-9-10-14-26(22)32(37(3,35)36)20-27(33)31(19-21-15-17-23(29)18-16-21)25(5-2)28(34)30-24-12-7-6-8-13-24/h9-11,14-18,24-25H,4-8,12-13,19-20H2,1-3H3,(H,30,34)/t25-/m1/s1. The second kappa shape index (κ2) is 13.0. The lowest BCUT2D eigenvalue weighted by molar-refractivity contribution is -0.140. The minimum absolute atomic E-state index is 0.0583. The van der Waals surface area contributed by atoms with E-state index in [1.54, 1.807) is 24.3 Å². The molecule has 0 radical (unpaired) electrons. The number of benzene rings is 2. The lowest BCUT2D eigenvalue weighted by Gasteiger charge is -2.34. The maximum absolute atomic E-state index is 13.8. The third-order valence-electron chi connectivity index (χ3n) is 6.92. The van der Waals surface area contributed by atoms with Crippen molar-refractivity contribution in [1.29, 1.82) is 0 Å². The fourth-order valence-corrected chi connectivity index (χ4v) is 5.78. The molecule has 2 amide bonds. The summed E-state index contributed by atoms with van der Waals surface area (Å²) in [7, 11) is -3.80. The molecule has 37 heavy (non-hydrogen) atoms. The van der Waals surface area contributed by atoms with Gasteiger partial charge >= 0.3 is 0 Å². The van der Waals surface area contributed by atoms with Gasteiger partial charge in [-0.1, -0.05) is 63.4 Å². The molecule has 1 aliphatic rings. The summed E-state index contributed by atoms with van der Waals surface area (Å²) in [5.41, 5.74) is 1.90. The number of carbonyl (C=O) groups excluding carboxylic acids is 2. The number of sulfonamides is 1. The molecule has 9 heteroatoms. The molecule has 1 saturated carbocycles. The molecule has 0 aromatic heterocycles. The molecule has 2 aromatic rings. The van der Waals surface area contributed by atoms with E-state index in [-0.39, 0.29) is 18.5 Å². The first-order chi connectivity index (χ1) is 17.6. The molecule has 0 aliphatic heterocycles. The summed E-state index contributed by atoms with van der Waals surface area (Å²) in [6, 6.07) is 12.1. The molecule has 0 spiro atoms. The molecule has 2 aromatic carbocycles. The van der Waals surface area contributed by atoms with Crippen molar-refractivity contribution < 1.29 is 22.4 Å². The highest BCUT2D eigenvalue weighted by atomic mass is 32.2. The van der Waals surface area contributed by atoms with E-state index in [2.05, 4.69) is 5.32 Å². The van der Waals surface area contributed by atoms with Gasteiger partial charge in [-0.25, -0.2) is 12.8 Å². The lowest BCUT2D eigenvalue weighted by atomic mass is 9.95. The molecule has 1 atom stereocenters. The van der Waals surface area contributed by atoms with Crippen LogP contribution in [0.1, 0.15) is 63.5 Å². The number of carbonyl (C=O) groups is 2. The zero-order valence-corrected chi connectivity index (χ0v) is 22.8. The monoisotopic (exact) mass is 531 g/mol. The number of amides is 2. The zero-order valence-electron chi connectivity index (χ0n) is 22.0. The molecule has 7 nitrogen and oxygen atoms in total. The Morgan fingerprint density at radius 1 is 1.03 bits per heavy atom. The van der Waals surface area contributed by atoms with Crippen LogP contribution in [0.15, 0.2) is 48.5 Å². The second-order valence-corrected chi connectivity index (χ2v) is 11.6. The molecule has 0 bridgehead atoms. The maximum atomic E-state index is 13.8. The Morgan fingerprint density at radius 2 is 1.68 bits per heavy atom. The van der Waals surface area contributed by atoms with Crippen LogP contribution in [0.3, 0.4) is 0 Å². The maximum Gasteiger partial charge on any atom is 0.244 e. The van der Waals surface area contributed by atoms with E-state index in [0.29, 0.717) is 24.1 Å². The summed E-state index contributed by atoms with van der Waals surface area (Å²) in [6.07, 6.45) is 7.10. The predicted molar refractivity (Wildman–Crippen MR) is 144 cm³/mol. The largest absolute Gasteiger partial charge is 0.352 e. The van der Waals surface area contributed by atoms with E-state index in [9.17, 15) is 22.4 Å². The average molecular weight is 532 g/mol. The molecule has 202 valence electrons. The van der Waals surface area contributed by atoms with Crippen LogP contribution in [0.4, 0.5) is 10.1 Å². The van der Waals surface area contributed by atoms with Crippen LogP contribution in [0.2, 0.25) is 0 Å². The third kappa shape index (κ3) is 7.77. The van der Waals surface area contributed by atoms with Crippen LogP contribution < -0.4 is 9.62 Å². The Labute approximate surface area is 220 Å². The van der Waals surface area contributed by atoms with Crippen LogP contribution in [-0.2, 0) is 32.6 Å². The molecule has 1 N–H and O–H groups in total. The van der Waals surface area contributed by atoms with Crippen LogP contribution in [0.25, 0.3) is 0 Å². The summed E-state index contributed by atoms with van der Waals surface area (Å²) in [5.74, 6) is -1.14. The van der Waals surface area contributed by atoms with Crippen molar-refractivity contribution >= 4 is 27.5 Å². The van der Waals surface area contributed by atoms with E-state index in [4.69, 9.17) is 0 Å². The minimum Gasteiger partial charge on any atom is -0.352 e. The molecule has 0 unspecified atom stereocenters. The Kier molecular flexibility index (Phi) is 10.1. The van der Waals surface area contributed by atoms with Gasteiger partial charge in [-0.15, -0.1) is 0 Å². The van der Waals surface area contributed by atoms with Crippen molar-refractivity contribution in [1.82, 2.24) is 10.2 Å². The van der Waals surface area contributed by atoms with Gasteiger partial charge in [0.1, 0.15) is 18.4 Å². The van der Waals surface area contributed by atoms with Gasteiger partial charge in [-0.05, 0) is 55.0 Å². The van der Waals surface area contributed by atoms with Crippen molar-refractivity contribution in [3.8, 4) is 0 Å². The van der Waals surface area contributed by atoms with Crippen molar-refractivity contribution in [3.63, 3.8) is 0 Å². The fourth-order valence-electron chi connectivity index (χ4n) is 4.90. The SMILES string of the molecule is CCc1ccccc1N(CC(=O)N(Cc1ccc(F)cc1)[C@H](CC)C(=O)NC1CCCCC1)S(C)(=O)=O. The normalized spacial score (nSPS) is 15.1. The number of aryl methyl sites for hydroxylation is 1. The highest BCUT2D eigenvalue weighted by Crippen LogP contribution is 2.25.